The van der Waals surface area contributed by atoms with Gasteiger partial charge < -0.3 is 5.32 Å². The van der Waals surface area contributed by atoms with Crippen LogP contribution >= 0.6 is 0 Å². The highest BCUT2D eigenvalue weighted by molar-refractivity contribution is 5.25. The molecule has 0 aliphatic heterocycles. The van der Waals surface area contributed by atoms with Crippen LogP contribution in [0.1, 0.15) is 57.6 Å². The number of rotatable bonds is 7. The van der Waals surface area contributed by atoms with Crippen LogP contribution in [0.5, 0.6) is 0 Å². The molecular formula is C17H29N. The molecule has 0 aliphatic rings. The van der Waals surface area contributed by atoms with E-state index >= 15 is 0 Å². The van der Waals surface area contributed by atoms with Crippen LogP contribution in [0.25, 0.3) is 0 Å². The van der Waals surface area contributed by atoms with Crippen molar-refractivity contribution >= 4 is 0 Å². The summed E-state index contributed by atoms with van der Waals surface area (Å²) in [5.74, 6) is 1.40. The Labute approximate surface area is 113 Å². The van der Waals surface area contributed by atoms with Gasteiger partial charge in [-0.25, -0.2) is 0 Å². The Morgan fingerprint density at radius 3 is 1.94 bits per heavy atom. The molecule has 0 heterocycles. The molecule has 1 nitrogen and oxygen atoms in total. The van der Waals surface area contributed by atoms with Gasteiger partial charge in [-0.3, -0.25) is 0 Å². The Morgan fingerprint density at radius 1 is 1.00 bits per heavy atom. The molecule has 0 amide bonds. The fourth-order valence-corrected chi connectivity index (χ4v) is 2.65. The van der Waals surface area contributed by atoms with Crippen LogP contribution in [-0.2, 0) is 6.42 Å². The molecule has 1 heteroatoms. The molecule has 1 rings (SSSR count). The van der Waals surface area contributed by atoms with Crippen LogP contribution in [0.2, 0.25) is 0 Å². The summed E-state index contributed by atoms with van der Waals surface area (Å²) >= 11 is 0. The summed E-state index contributed by atoms with van der Waals surface area (Å²) < 4.78 is 0. The maximum absolute atomic E-state index is 3.49. The lowest BCUT2D eigenvalue weighted by Crippen LogP contribution is -2.35. The Morgan fingerprint density at radius 2 is 1.56 bits per heavy atom. The summed E-state index contributed by atoms with van der Waals surface area (Å²) in [4.78, 5) is 0. The second kappa shape index (κ2) is 7.58. The smallest absolute Gasteiger partial charge is 0.0132 e. The Balaban J connectivity index is 2.70. The van der Waals surface area contributed by atoms with Crippen molar-refractivity contribution in [2.45, 2.75) is 58.9 Å². The Bertz CT molecular complexity index is 322. The largest absolute Gasteiger partial charge is 0.316 e. The molecule has 0 fully saturated rings. The van der Waals surface area contributed by atoms with Crippen LogP contribution in [0.15, 0.2) is 24.3 Å². The molecule has 0 saturated heterocycles. The lowest BCUT2D eigenvalue weighted by molar-refractivity contribution is 0.349. The molecule has 1 N–H and O–H groups in total. The molecule has 0 bridgehead atoms. The molecule has 0 spiro atoms. The third-order valence-corrected chi connectivity index (χ3v) is 4.09. The third-order valence-electron chi connectivity index (χ3n) is 4.09. The minimum absolute atomic E-state index is 0.602. The van der Waals surface area contributed by atoms with Gasteiger partial charge in [0.15, 0.2) is 0 Å². The fourth-order valence-electron chi connectivity index (χ4n) is 2.65. The molecule has 1 aromatic carbocycles. The maximum Gasteiger partial charge on any atom is 0.0132 e. The van der Waals surface area contributed by atoms with Crippen molar-refractivity contribution in [3.63, 3.8) is 0 Å². The van der Waals surface area contributed by atoms with Crippen molar-refractivity contribution < 1.29 is 0 Å². The molecule has 0 saturated carbocycles. The highest BCUT2D eigenvalue weighted by Crippen LogP contribution is 2.19. The lowest BCUT2D eigenvalue weighted by atomic mass is 9.89. The Hall–Kier alpha value is -0.820. The molecule has 0 aromatic heterocycles. The standard InChI is InChI=1S/C17H29N/c1-6-15(7-2)17(18-5)12-14-8-10-16(11-9-14)13(3)4/h8-11,13,15,17-18H,6-7,12H2,1-5H3. The third kappa shape index (κ3) is 4.13. The van der Waals surface area contributed by atoms with E-state index in [1.54, 1.807) is 0 Å². The molecule has 102 valence electrons. The zero-order chi connectivity index (χ0) is 13.5. The van der Waals surface area contributed by atoms with E-state index in [1.807, 2.05) is 0 Å². The van der Waals surface area contributed by atoms with Gasteiger partial charge in [-0.2, -0.15) is 0 Å². The van der Waals surface area contributed by atoms with Crippen molar-refractivity contribution in [1.82, 2.24) is 5.32 Å². The summed E-state index contributed by atoms with van der Waals surface area (Å²) in [5.41, 5.74) is 2.88. The van der Waals surface area contributed by atoms with E-state index in [0.29, 0.717) is 12.0 Å². The SMILES string of the molecule is CCC(CC)C(Cc1ccc(C(C)C)cc1)NC. The molecule has 1 aromatic rings. The quantitative estimate of drug-likeness (QED) is 0.754. The molecule has 0 radical (unpaired) electrons. The molecule has 0 aliphatic carbocycles. The molecule has 18 heavy (non-hydrogen) atoms. The molecular weight excluding hydrogens is 218 g/mol. The summed E-state index contributed by atoms with van der Waals surface area (Å²) in [6, 6.07) is 9.74. The van der Waals surface area contributed by atoms with Crippen molar-refractivity contribution in [3.8, 4) is 0 Å². The van der Waals surface area contributed by atoms with Gasteiger partial charge in [0, 0.05) is 6.04 Å². The molecule has 1 unspecified atom stereocenters. The van der Waals surface area contributed by atoms with Gasteiger partial charge in [-0.05, 0) is 36.4 Å². The van der Waals surface area contributed by atoms with Gasteiger partial charge in [0.05, 0.1) is 0 Å². The number of hydrogen-bond donors (Lipinski definition) is 1. The highest BCUT2D eigenvalue weighted by Gasteiger charge is 2.16. The first-order valence-electron chi connectivity index (χ1n) is 7.38. The first-order valence-corrected chi connectivity index (χ1v) is 7.38. The minimum atomic E-state index is 0.602. The first-order chi connectivity index (χ1) is 8.62. The van der Waals surface area contributed by atoms with E-state index in [-0.39, 0.29) is 0 Å². The van der Waals surface area contributed by atoms with Gasteiger partial charge in [0.2, 0.25) is 0 Å². The van der Waals surface area contributed by atoms with E-state index < -0.39 is 0 Å². The predicted octanol–water partition coefficient (Wildman–Crippen LogP) is 4.38. The topological polar surface area (TPSA) is 12.0 Å². The summed E-state index contributed by atoms with van der Waals surface area (Å²) in [6.45, 7) is 9.08. The van der Waals surface area contributed by atoms with Gasteiger partial charge in [-0.1, -0.05) is 64.8 Å². The van der Waals surface area contributed by atoms with Crippen molar-refractivity contribution in [3.05, 3.63) is 35.4 Å². The van der Waals surface area contributed by atoms with E-state index in [2.05, 4.69) is 64.3 Å². The van der Waals surface area contributed by atoms with Crippen LogP contribution in [-0.4, -0.2) is 13.1 Å². The number of nitrogens with one attached hydrogen (secondary N) is 1. The van der Waals surface area contributed by atoms with Crippen molar-refractivity contribution in [1.29, 1.82) is 0 Å². The van der Waals surface area contributed by atoms with Crippen LogP contribution in [0, 0.1) is 5.92 Å². The zero-order valence-electron chi connectivity index (χ0n) is 12.7. The van der Waals surface area contributed by atoms with E-state index in [1.165, 1.54) is 24.0 Å². The Kier molecular flexibility index (Phi) is 6.42. The summed E-state index contributed by atoms with van der Waals surface area (Å²) in [7, 11) is 2.09. The number of hydrogen-bond acceptors (Lipinski definition) is 1. The van der Waals surface area contributed by atoms with Gasteiger partial charge in [0.25, 0.3) is 0 Å². The molecule has 1 atom stereocenters. The number of benzene rings is 1. The first kappa shape index (κ1) is 15.2. The van der Waals surface area contributed by atoms with Gasteiger partial charge in [0.1, 0.15) is 0 Å². The number of likely N-dealkylation sites (N-methyl/N-ethyl adjacent to an activating group) is 1. The summed E-state index contributed by atoms with van der Waals surface area (Å²) in [5, 5.41) is 3.49. The summed E-state index contributed by atoms with van der Waals surface area (Å²) in [6.07, 6.45) is 3.65. The van der Waals surface area contributed by atoms with E-state index in [0.717, 1.165) is 12.3 Å². The maximum atomic E-state index is 3.49. The normalized spacial score (nSPS) is 13.3. The monoisotopic (exact) mass is 247 g/mol. The van der Waals surface area contributed by atoms with Crippen molar-refractivity contribution in [2.24, 2.45) is 5.92 Å². The van der Waals surface area contributed by atoms with Gasteiger partial charge in [-0.15, -0.1) is 0 Å². The predicted molar refractivity (Wildman–Crippen MR) is 81.2 cm³/mol. The van der Waals surface area contributed by atoms with E-state index in [9.17, 15) is 0 Å². The minimum Gasteiger partial charge on any atom is -0.316 e. The highest BCUT2D eigenvalue weighted by atomic mass is 14.9. The van der Waals surface area contributed by atoms with Crippen LogP contribution in [0.3, 0.4) is 0 Å². The second-order valence-corrected chi connectivity index (χ2v) is 5.57. The fraction of sp³-hybridized carbons (Fsp3) is 0.647. The zero-order valence-corrected chi connectivity index (χ0v) is 12.7. The van der Waals surface area contributed by atoms with Crippen molar-refractivity contribution in [2.75, 3.05) is 7.05 Å². The van der Waals surface area contributed by atoms with Crippen LogP contribution < -0.4 is 5.32 Å². The van der Waals surface area contributed by atoms with Crippen LogP contribution in [0.4, 0.5) is 0 Å². The van der Waals surface area contributed by atoms with Gasteiger partial charge >= 0.3 is 0 Å². The lowest BCUT2D eigenvalue weighted by Gasteiger charge is -2.25. The average Bonchev–Trinajstić information content (AvgIpc) is 2.39. The van der Waals surface area contributed by atoms with E-state index in [4.69, 9.17) is 0 Å². The average molecular weight is 247 g/mol. The second-order valence-electron chi connectivity index (χ2n) is 5.57.